The molecular formula is C16H19NO3. The van der Waals surface area contributed by atoms with E-state index in [1.54, 1.807) is 0 Å². The molecule has 1 heterocycles. The number of anilines is 1. The summed E-state index contributed by atoms with van der Waals surface area (Å²) in [6.45, 7) is 0.837. The van der Waals surface area contributed by atoms with Crippen molar-refractivity contribution < 1.29 is 14.6 Å². The average molecular weight is 273 g/mol. The Morgan fingerprint density at radius 2 is 2.20 bits per heavy atom. The number of hydrogen-bond acceptors (Lipinski definition) is 3. The van der Waals surface area contributed by atoms with Gasteiger partial charge in [0.25, 0.3) is 0 Å². The molecule has 0 aliphatic carbocycles. The Morgan fingerprint density at radius 1 is 1.40 bits per heavy atom. The quantitative estimate of drug-likeness (QED) is 0.824. The van der Waals surface area contributed by atoms with Crippen LogP contribution in [-0.2, 0) is 9.53 Å². The monoisotopic (exact) mass is 273 g/mol. The SMILES string of the molecule is O=C(CC1CCCO1)Nc1ccc(C#CCCO)cc1. The summed E-state index contributed by atoms with van der Waals surface area (Å²) < 4.78 is 5.44. The van der Waals surface area contributed by atoms with Crippen LogP contribution in [0.15, 0.2) is 24.3 Å². The summed E-state index contributed by atoms with van der Waals surface area (Å²) >= 11 is 0. The average Bonchev–Trinajstić information content (AvgIpc) is 2.94. The normalized spacial score (nSPS) is 17.4. The van der Waals surface area contributed by atoms with Crippen molar-refractivity contribution in [3.63, 3.8) is 0 Å². The second kappa shape index (κ2) is 7.68. The van der Waals surface area contributed by atoms with Crippen LogP contribution in [0.2, 0.25) is 0 Å². The summed E-state index contributed by atoms with van der Waals surface area (Å²) in [5.74, 6) is 5.78. The van der Waals surface area contributed by atoms with Crippen molar-refractivity contribution in [2.75, 3.05) is 18.5 Å². The van der Waals surface area contributed by atoms with Gasteiger partial charge < -0.3 is 15.2 Å². The number of carbonyl (C=O) groups is 1. The predicted octanol–water partition coefficient (Wildman–Crippen LogP) is 1.93. The molecule has 1 amide bonds. The van der Waals surface area contributed by atoms with Crippen molar-refractivity contribution >= 4 is 11.6 Å². The fourth-order valence-electron chi connectivity index (χ4n) is 2.08. The number of nitrogens with one attached hydrogen (secondary N) is 1. The van der Waals surface area contributed by atoms with Crippen molar-refractivity contribution in [1.29, 1.82) is 0 Å². The zero-order valence-corrected chi connectivity index (χ0v) is 11.4. The molecule has 0 aromatic heterocycles. The first kappa shape index (κ1) is 14.6. The van der Waals surface area contributed by atoms with Gasteiger partial charge in [-0.15, -0.1) is 0 Å². The van der Waals surface area contributed by atoms with Crippen LogP contribution in [-0.4, -0.2) is 30.3 Å². The Hall–Kier alpha value is -1.83. The summed E-state index contributed by atoms with van der Waals surface area (Å²) in [6, 6.07) is 7.37. The zero-order valence-electron chi connectivity index (χ0n) is 11.4. The molecular weight excluding hydrogens is 254 g/mol. The molecule has 4 heteroatoms. The molecule has 0 saturated carbocycles. The minimum atomic E-state index is -0.0176. The first-order chi connectivity index (χ1) is 9.78. The molecule has 2 N–H and O–H groups in total. The van der Waals surface area contributed by atoms with Crippen molar-refractivity contribution in [2.24, 2.45) is 0 Å². The molecule has 4 nitrogen and oxygen atoms in total. The van der Waals surface area contributed by atoms with Gasteiger partial charge in [0.1, 0.15) is 0 Å². The Kier molecular flexibility index (Phi) is 5.60. The lowest BCUT2D eigenvalue weighted by Gasteiger charge is -2.09. The number of ether oxygens (including phenoxy) is 1. The van der Waals surface area contributed by atoms with Crippen LogP contribution in [0, 0.1) is 11.8 Å². The summed E-state index contributed by atoms with van der Waals surface area (Å²) in [4.78, 5) is 11.8. The highest BCUT2D eigenvalue weighted by Crippen LogP contribution is 2.16. The molecule has 1 aliphatic heterocycles. The maximum atomic E-state index is 11.8. The highest BCUT2D eigenvalue weighted by atomic mass is 16.5. The van der Waals surface area contributed by atoms with E-state index >= 15 is 0 Å². The van der Waals surface area contributed by atoms with Gasteiger partial charge in [-0.3, -0.25) is 4.79 Å². The van der Waals surface area contributed by atoms with Crippen LogP contribution in [0.1, 0.15) is 31.2 Å². The van der Waals surface area contributed by atoms with Gasteiger partial charge in [-0.1, -0.05) is 11.8 Å². The highest BCUT2D eigenvalue weighted by Gasteiger charge is 2.18. The molecule has 1 aromatic carbocycles. The van der Waals surface area contributed by atoms with E-state index in [4.69, 9.17) is 9.84 Å². The second-order valence-electron chi connectivity index (χ2n) is 4.74. The van der Waals surface area contributed by atoms with E-state index in [2.05, 4.69) is 17.2 Å². The fourth-order valence-corrected chi connectivity index (χ4v) is 2.08. The van der Waals surface area contributed by atoms with Crippen molar-refractivity contribution in [3.05, 3.63) is 29.8 Å². The third kappa shape index (κ3) is 4.69. The molecule has 1 unspecified atom stereocenters. The third-order valence-electron chi connectivity index (χ3n) is 3.08. The maximum absolute atomic E-state index is 11.8. The summed E-state index contributed by atoms with van der Waals surface area (Å²) in [7, 11) is 0. The van der Waals surface area contributed by atoms with Crippen molar-refractivity contribution in [1.82, 2.24) is 0 Å². The van der Waals surface area contributed by atoms with E-state index in [0.29, 0.717) is 12.8 Å². The van der Waals surface area contributed by atoms with Crippen LogP contribution >= 0.6 is 0 Å². The van der Waals surface area contributed by atoms with Crippen LogP contribution < -0.4 is 5.32 Å². The molecule has 0 bridgehead atoms. The lowest BCUT2D eigenvalue weighted by atomic mass is 10.1. The topological polar surface area (TPSA) is 58.6 Å². The van der Waals surface area contributed by atoms with Crippen molar-refractivity contribution in [3.8, 4) is 11.8 Å². The number of amides is 1. The highest BCUT2D eigenvalue weighted by molar-refractivity contribution is 5.91. The second-order valence-corrected chi connectivity index (χ2v) is 4.74. The van der Waals surface area contributed by atoms with Gasteiger partial charge in [0.15, 0.2) is 0 Å². The molecule has 106 valence electrons. The minimum absolute atomic E-state index is 0.0176. The first-order valence-electron chi connectivity index (χ1n) is 6.89. The lowest BCUT2D eigenvalue weighted by Crippen LogP contribution is -2.19. The van der Waals surface area contributed by atoms with E-state index in [1.807, 2.05) is 24.3 Å². The van der Waals surface area contributed by atoms with E-state index in [0.717, 1.165) is 30.7 Å². The molecule has 1 fully saturated rings. The smallest absolute Gasteiger partial charge is 0.226 e. The number of aliphatic hydroxyl groups excluding tert-OH is 1. The van der Waals surface area contributed by atoms with Crippen LogP contribution in [0.25, 0.3) is 0 Å². The Morgan fingerprint density at radius 3 is 2.85 bits per heavy atom. The summed E-state index contributed by atoms with van der Waals surface area (Å²) in [6.07, 6.45) is 2.96. The molecule has 20 heavy (non-hydrogen) atoms. The van der Waals surface area contributed by atoms with Gasteiger partial charge in [-0.05, 0) is 37.1 Å². The number of aliphatic hydroxyl groups is 1. The zero-order chi connectivity index (χ0) is 14.2. The summed E-state index contributed by atoms with van der Waals surface area (Å²) in [5.41, 5.74) is 1.64. The molecule has 1 aliphatic rings. The Bertz CT molecular complexity index is 493. The van der Waals surface area contributed by atoms with Gasteiger partial charge in [-0.25, -0.2) is 0 Å². The number of carbonyl (C=O) groups excluding carboxylic acids is 1. The van der Waals surface area contributed by atoms with Gasteiger partial charge in [0, 0.05) is 24.3 Å². The Balaban J connectivity index is 1.83. The molecule has 1 aromatic rings. The minimum Gasteiger partial charge on any atom is -0.395 e. The number of benzene rings is 1. The lowest BCUT2D eigenvalue weighted by molar-refractivity contribution is -0.118. The van der Waals surface area contributed by atoms with Crippen LogP contribution in [0.5, 0.6) is 0 Å². The van der Waals surface area contributed by atoms with Crippen LogP contribution in [0.4, 0.5) is 5.69 Å². The van der Waals surface area contributed by atoms with Gasteiger partial charge in [0.2, 0.25) is 5.91 Å². The maximum Gasteiger partial charge on any atom is 0.226 e. The van der Waals surface area contributed by atoms with E-state index < -0.39 is 0 Å². The predicted molar refractivity (Wildman–Crippen MR) is 77.2 cm³/mol. The molecule has 0 radical (unpaired) electrons. The molecule has 1 atom stereocenters. The van der Waals surface area contributed by atoms with Gasteiger partial charge in [-0.2, -0.15) is 0 Å². The van der Waals surface area contributed by atoms with E-state index in [1.165, 1.54) is 0 Å². The third-order valence-corrected chi connectivity index (χ3v) is 3.08. The molecule has 1 saturated heterocycles. The van der Waals surface area contributed by atoms with Crippen molar-refractivity contribution in [2.45, 2.75) is 31.8 Å². The van der Waals surface area contributed by atoms with E-state index in [9.17, 15) is 4.79 Å². The standard InChI is InChI=1S/C16H19NO3/c18-10-2-1-4-13-6-8-14(9-7-13)17-16(19)12-15-5-3-11-20-15/h6-9,15,18H,2-3,5,10-12H2,(H,17,19). The summed E-state index contributed by atoms with van der Waals surface area (Å²) in [5, 5.41) is 11.5. The Labute approximate surface area is 119 Å². The number of rotatable bonds is 4. The van der Waals surface area contributed by atoms with Gasteiger partial charge in [0.05, 0.1) is 19.1 Å². The fraction of sp³-hybridized carbons (Fsp3) is 0.438. The molecule has 2 rings (SSSR count). The van der Waals surface area contributed by atoms with Gasteiger partial charge >= 0.3 is 0 Å². The largest absolute Gasteiger partial charge is 0.395 e. The first-order valence-corrected chi connectivity index (χ1v) is 6.89. The molecule has 0 spiro atoms. The van der Waals surface area contributed by atoms with E-state index in [-0.39, 0.29) is 18.6 Å². The number of hydrogen-bond donors (Lipinski definition) is 2. The van der Waals surface area contributed by atoms with Crippen LogP contribution in [0.3, 0.4) is 0 Å².